The van der Waals surface area contributed by atoms with Gasteiger partial charge in [-0.3, -0.25) is 14.7 Å². The molecule has 2 atom stereocenters. The van der Waals surface area contributed by atoms with Gasteiger partial charge in [0.25, 0.3) is 0 Å². The third-order valence-electron chi connectivity index (χ3n) is 5.46. The Morgan fingerprint density at radius 1 is 1.00 bits per heavy atom. The molecule has 6 heteroatoms. The molecule has 1 amide bonds. The molecule has 0 aromatic heterocycles. The molecule has 162 valence electrons. The summed E-state index contributed by atoms with van der Waals surface area (Å²) in [6.45, 7) is 3.52. The van der Waals surface area contributed by atoms with Crippen LogP contribution in [0.3, 0.4) is 0 Å². The van der Waals surface area contributed by atoms with Crippen molar-refractivity contribution in [1.29, 1.82) is 0 Å². The number of hydrogen-bond acceptors (Lipinski definition) is 3. The molecule has 1 aliphatic carbocycles. The number of ether oxygens (including phenoxy) is 1. The van der Waals surface area contributed by atoms with Gasteiger partial charge in [0.1, 0.15) is 17.4 Å². The predicted octanol–water partition coefficient (Wildman–Crippen LogP) is 6.61. The number of methoxy groups -OCH3 is 1. The van der Waals surface area contributed by atoms with E-state index in [0.29, 0.717) is 27.2 Å². The molecule has 4 rings (SSSR count). The molecular weight excluding hydrogens is 443 g/mol. The van der Waals surface area contributed by atoms with E-state index in [0.717, 1.165) is 16.7 Å². The van der Waals surface area contributed by atoms with E-state index in [9.17, 15) is 4.79 Å². The summed E-state index contributed by atoms with van der Waals surface area (Å²) in [5.41, 5.74) is 6.81. The highest BCUT2D eigenvalue weighted by Gasteiger charge is 2.42. The van der Waals surface area contributed by atoms with Gasteiger partial charge in [-0.05, 0) is 60.0 Å². The van der Waals surface area contributed by atoms with E-state index in [1.165, 1.54) is 0 Å². The van der Waals surface area contributed by atoms with Gasteiger partial charge in [0.15, 0.2) is 5.84 Å². The van der Waals surface area contributed by atoms with Crippen molar-refractivity contribution in [2.24, 2.45) is 4.99 Å². The maximum atomic E-state index is 13.0. The molecular formula is C26H22Cl2N2O2. The van der Waals surface area contributed by atoms with Crippen LogP contribution >= 0.6 is 23.2 Å². The number of carbonyl (C=O) groups excluding carboxylic acids is 1. The fourth-order valence-corrected chi connectivity index (χ4v) is 4.17. The van der Waals surface area contributed by atoms with Crippen LogP contribution in [0.2, 0.25) is 10.0 Å². The number of hydrogen-bond donors (Lipinski definition) is 0. The van der Waals surface area contributed by atoms with Gasteiger partial charge in [-0.25, -0.2) is 0 Å². The van der Waals surface area contributed by atoms with E-state index < -0.39 is 0 Å². The van der Waals surface area contributed by atoms with Crippen LogP contribution in [0.15, 0.2) is 94.4 Å². The monoisotopic (exact) mass is 464 g/mol. The molecule has 1 heterocycles. The minimum atomic E-state index is -0.356. The Balaban J connectivity index is 1.91. The Hall–Kier alpha value is -3.04. The van der Waals surface area contributed by atoms with Crippen molar-refractivity contribution < 1.29 is 9.53 Å². The molecule has 0 bridgehead atoms. The Morgan fingerprint density at radius 3 is 2.16 bits per heavy atom. The summed E-state index contributed by atoms with van der Waals surface area (Å²) in [6.07, 6.45) is 5.68. The van der Waals surface area contributed by atoms with E-state index >= 15 is 0 Å². The first-order valence-electron chi connectivity index (χ1n) is 10.2. The first-order chi connectivity index (χ1) is 15.4. The fourth-order valence-electron chi connectivity index (χ4n) is 3.92. The summed E-state index contributed by atoms with van der Waals surface area (Å²) < 4.78 is 5.63. The van der Waals surface area contributed by atoms with Crippen molar-refractivity contribution in [1.82, 2.24) is 4.90 Å². The minimum absolute atomic E-state index is 0.126. The van der Waals surface area contributed by atoms with E-state index in [-0.39, 0.29) is 18.0 Å². The summed E-state index contributed by atoms with van der Waals surface area (Å²) in [5, 5.41) is 1.27. The van der Waals surface area contributed by atoms with Crippen molar-refractivity contribution in [3.63, 3.8) is 0 Å². The molecule has 32 heavy (non-hydrogen) atoms. The maximum absolute atomic E-state index is 13.0. The van der Waals surface area contributed by atoms with Crippen LogP contribution in [-0.2, 0) is 9.53 Å². The van der Waals surface area contributed by atoms with Crippen molar-refractivity contribution in [2.45, 2.75) is 25.9 Å². The van der Waals surface area contributed by atoms with Crippen LogP contribution in [0, 0.1) is 0 Å². The summed E-state index contributed by atoms with van der Waals surface area (Å²) in [6, 6.07) is 14.4. The molecule has 1 aliphatic heterocycles. The zero-order chi connectivity index (χ0) is 22.8. The van der Waals surface area contributed by atoms with Crippen LogP contribution < -0.4 is 0 Å². The first-order valence-corrected chi connectivity index (χ1v) is 10.9. The Kier molecular flexibility index (Phi) is 6.38. The van der Waals surface area contributed by atoms with Gasteiger partial charge in [-0.1, -0.05) is 53.5 Å². The van der Waals surface area contributed by atoms with Crippen LogP contribution in [-0.4, -0.2) is 23.8 Å². The van der Waals surface area contributed by atoms with Crippen LogP contribution in [0.25, 0.3) is 0 Å². The molecule has 2 aromatic carbocycles. The molecule has 2 aromatic rings. The lowest BCUT2D eigenvalue weighted by Gasteiger charge is -2.29. The number of halogens is 2. The zero-order valence-corrected chi connectivity index (χ0v) is 19.5. The lowest BCUT2D eigenvalue weighted by atomic mass is 9.93. The number of benzene rings is 2. The highest BCUT2D eigenvalue weighted by molar-refractivity contribution is 6.30. The molecule has 4 nitrogen and oxygen atoms in total. The second-order valence-electron chi connectivity index (χ2n) is 7.64. The number of amides is 1. The predicted molar refractivity (Wildman–Crippen MR) is 129 cm³/mol. The van der Waals surface area contributed by atoms with Crippen molar-refractivity contribution in [2.75, 3.05) is 7.11 Å². The average Bonchev–Trinajstić information content (AvgIpc) is 3.07. The lowest BCUT2D eigenvalue weighted by molar-refractivity contribution is -0.126. The summed E-state index contributed by atoms with van der Waals surface area (Å²) in [7, 11) is 1.60. The molecule has 0 N–H and O–H groups in total. The summed E-state index contributed by atoms with van der Waals surface area (Å²) >= 11 is 12.3. The lowest BCUT2D eigenvalue weighted by Crippen LogP contribution is -2.36. The molecule has 0 saturated carbocycles. The highest BCUT2D eigenvalue weighted by Crippen LogP contribution is 2.44. The largest absolute Gasteiger partial charge is 0.495 e. The SMILES string of the molecule is COC1=CC=C(C)C=C=C1C1=NC(c2ccc(Cl)cc2)C(c2ccc(Cl)cc2)N1C(C)=O. The quantitative estimate of drug-likeness (QED) is 0.477. The van der Waals surface area contributed by atoms with Gasteiger partial charge in [0.2, 0.25) is 5.91 Å². The standard InChI is InChI=1S/C26H22Cl2N2O2/c1-16-4-14-22(23(32-3)15-5-16)26-29-24(18-6-10-20(27)11-7-18)25(30(26)17(2)31)19-8-12-21(28)13-9-19/h4-13,15,24-25H,1-3H3. The smallest absolute Gasteiger partial charge is 0.225 e. The molecule has 0 spiro atoms. The number of nitrogens with zero attached hydrogens (tertiary/aromatic N) is 2. The third-order valence-corrected chi connectivity index (χ3v) is 5.96. The van der Waals surface area contributed by atoms with Crippen LogP contribution in [0.4, 0.5) is 0 Å². The number of allylic oxidation sites excluding steroid dienone is 3. The first kappa shape index (κ1) is 22.2. The molecule has 0 fully saturated rings. The Bertz CT molecular complexity index is 1200. The van der Waals surface area contributed by atoms with E-state index in [2.05, 4.69) is 5.73 Å². The second kappa shape index (κ2) is 9.22. The Morgan fingerprint density at radius 2 is 1.59 bits per heavy atom. The van der Waals surface area contributed by atoms with E-state index in [4.69, 9.17) is 32.9 Å². The van der Waals surface area contributed by atoms with Gasteiger partial charge >= 0.3 is 0 Å². The van der Waals surface area contributed by atoms with E-state index in [1.807, 2.05) is 73.7 Å². The molecule has 2 unspecified atom stereocenters. The number of rotatable bonds is 4. The summed E-state index contributed by atoms with van der Waals surface area (Å²) in [4.78, 5) is 19.8. The Labute approximate surface area is 197 Å². The fraction of sp³-hybridized carbons (Fsp3) is 0.192. The van der Waals surface area contributed by atoms with Gasteiger partial charge in [0, 0.05) is 17.0 Å². The number of aliphatic imine (C=N–C) groups is 1. The van der Waals surface area contributed by atoms with Gasteiger partial charge < -0.3 is 4.74 Å². The van der Waals surface area contributed by atoms with Crippen molar-refractivity contribution in [3.8, 4) is 0 Å². The molecule has 2 aliphatic rings. The summed E-state index contributed by atoms with van der Waals surface area (Å²) in [5.74, 6) is 0.985. The zero-order valence-electron chi connectivity index (χ0n) is 18.0. The normalized spacial score (nSPS) is 20.2. The van der Waals surface area contributed by atoms with Crippen molar-refractivity contribution in [3.05, 3.63) is 111 Å². The number of amidine groups is 1. The van der Waals surface area contributed by atoms with Gasteiger partial charge in [0.05, 0.1) is 13.2 Å². The average molecular weight is 465 g/mol. The van der Waals surface area contributed by atoms with Gasteiger partial charge in [-0.2, -0.15) is 0 Å². The van der Waals surface area contributed by atoms with E-state index in [1.54, 1.807) is 18.9 Å². The second-order valence-corrected chi connectivity index (χ2v) is 8.52. The topological polar surface area (TPSA) is 41.9 Å². The number of carbonyl (C=O) groups is 1. The molecule has 0 radical (unpaired) electrons. The van der Waals surface area contributed by atoms with Crippen LogP contribution in [0.5, 0.6) is 0 Å². The molecule has 0 saturated heterocycles. The maximum Gasteiger partial charge on any atom is 0.225 e. The highest BCUT2D eigenvalue weighted by atomic mass is 35.5. The minimum Gasteiger partial charge on any atom is -0.495 e. The van der Waals surface area contributed by atoms with Crippen molar-refractivity contribution >= 4 is 34.9 Å². The van der Waals surface area contributed by atoms with Crippen LogP contribution in [0.1, 0.15) is 37.1 Å². The third kappa shape index (κ3) is 4.31. The van der Waals surface area contributed by atoms with Gasteiger partial charge in [-0.15, -0.1) is 5.73 Å².